The number of carbonyl (C=O) groups is 1. The van der Waals surface area contributed by atoms with Crippen molar-refractivity contribution in [2.45, 2.75) is 51.4 Å². The van der Waals surface area contributed by atoms with E-state index in [2.05, 4.69) is 4.98 Å². The Bertz CT molecular complexity index is 439. The van der Waals surface area contributed by atoms with Gasteiger partial charge in [0, 0.05) is 5.92 Å². The fraction of sp³-hybridized carbons (Fsp3) is 0.692. The second kappa shape index (κ2) is 6.12. The molecule has 106 valence electrons. The zero-order valence-corrected chi connectivity index (χ0v) is 10.8. The molecule has 0 spiro atoms. The maximum Gasteiger partial charge on any atom is 0.376 e. The molecule has 0 atom stereocenters. The highest BCUT2D eigenvalue weighted by atomic mass is 19.3. The predicted molar refractivity (Wildman–Crippen MR) is 63.2 cm³/mol. The monoisotopic (exact) mass is 273 g/mol. The molecule has 0 radical (unpaired) electrons. The van der Waals surface area contributed by atoms with Crippen molar-refractivity contribution in [1.82, 2.24) is 4.98 Å². The van der Waals surface area contributed by atoms with Crippen LogP contribution in [0.3, 0.4) is 0 Å². The number of hydrogen-bond donors (Lipinski definition) is 0. The minimum atomic E-state index is -2.83. The van der Waals surface area contributed by atoms with E-state index in [4.69, 9.17) is 9.15 Å². The van der Waals surface area contributed by atoms with Crippen LogP contribution in [0.25, 0.3) is 0 Å². The summed E-state index contributed by atoms with van der Waals surface area (Å²) in [6, 6.07) is 0. The standard InChI is InChI=1S/C13H17F2NO3/c1-2-18-13(17)10-9(11(14)15)16-12(19-10)8-6-4-3-5-7-8/h8,11H,2-7H2,1H3. The molecule has 1 heterocycles. The molecule has 0 saturated heterocycles. The van der Waals surface area contributed by atoms with Gasteiger partial charge in [0.15, 0.2) is 11.6 Å². The first kappa shape index (κ1) is 14.0. The summed E-state index contributed by atoms with van der Waals surface area (Å²) in [5.74, 6) is -1.03. The van der Waals surface area contributed by atoms with Crippen molar-refractivity contribution in [3.8, 4) is 0 Å². The van der Waals surface area contributed by atoms with Gasteiger partial charge in [0.25, 0.3) is 6.43 Å². The molecular formula is C13H17F2NO3. The Morgan fingerprint density at radius 1 is 1.42 bits per heavy atom. The van der Waals surface area contributed by atoms with E-state index >= 15 is 0 Å². The van der Waals surface area contributed by atoms with Gasteiger partial charge < -0.3 is 9.15 Å². The minimum absolute atomic E-state index is 0.0365. The number of alkyl halides is 2. The van der Waals surface area contributed by atoms with Crippen molar-refractivity contribution in [1.29, 1.82) is 0 Å². The first-order valence-corrected chi connectivity index (χ1v) is 6.59. The van der Waals surface area contributed by atoms with Gasteiger partial charge in [-0.05, 0) is 19.8 Å². The number of oxazole rings is 1. The highest BCUT2D eigenvalue weighted by molar-refractivity contribution is 5.87. The summed E-state index contributed by atoms with van der Waals surface area (Å²) in [6.45, 7) is 1.72. The van der Waals surface area contributed by atoms with Crippen LogP contribution in [-0.4, -0.2) is 17.6 Å². The van der Waals surface area contributed by atoms with E-state index in [1.54, 1.807) is 6.92 Å². The Hall–Kier alpha value is -1.46. The molecule has 1 saturated carbocycles. The van der Waals surface area contributed by atoms with Crippen LogP contribution in [0.15, 0.2) is 4.42 Å². The summed E-state index contributed by atoms with van der Waals surface area (Å²) in [4.78, 5) is 15.4. The lowest BCUT2D eigenvalue weighted by atomic mass is 9.89. The molecule has 2 rings (SSSR count). The fourth-order valence-corrected chi connectivity index (χ4v) is 2.36. The van der Waals surface area contributed by atoms with Gasteiger partial charge in [-0.3, -0.25) is 0 Å². The van der Waals surface area contributed by atoms with Gasteiger partial charge in [-0.25, -0.2) is 18.6 Å². The molecule has 1 aliphatic carbocycles. The summed E-state index contributed by atoms with van der Waals surface area (Å²) < 4.78 is 35.7. The summed E-state index contributed by atoms with van der Waals surface area (Å²) in [6.07, 6.45) is 2.11. The summed E-state index contributed by atoms with van der Waals surface area (Å²) in [5.41, 5.74) is -0.598. The average molecular weight is 273 g/mol. The molecule has 6 heteroatoms. The Balaban J connectivity index is 2.26. The minimum Gasteiger partial charge on any atom is -0.460 e. The third-order valence-electron chi connectivity index (χ3n) is 3.29. The number of aromatic nitrogens is 1. The molecule has 1 aromatic rings. The zero-order valence-electron chi connectivity index (χ0n) is 10.8. The van der Waals surface area contributed by atoms with E-state index in [0.29, 0.717) is 0 Å². The number of carbonyl (C=O) groups excluding carboxylic acids is 1. The van der Waals surface area contributed by atoms with Gasteiger partial charge in [-0.2, -0.15) is 0 Å². The molecule has 4 nitrogen and oxygen atoms in total. The van der Waals surface area contributed by atoms with E-state index in [9.17, 15) is 13.6 Å². The van der Waals surface area contributed by atoms with Crippen LogP contribution < -0.4 is 0 Å². The predicted octanol–water partition coefficient (Wildman–Crippen LogP) is 3.84. The maximum atomic E-state index is 12.9. The van der Waals surface area contributed by atoms with E-state index in [-0.39, 0.29) is 18.4 Å². The lowest BCUT2D eigenvalue weighted by Crippen LogP contribution is -2.06. The van der Waals surface area contributed by atoms with Gasteiger partial charge >= 0.3 is 5.97 Å². The normalized spacial score (nSPS) is 16.8. The van der Waals surface area contributed by atoms with Gasteiger partial charge in [-0.1, -0.05) is 19.3 Å². The molecule has 19 heavy (non-hydrogen) atoms. The molecule has 1 aliphatic rings. The SMILES string of the molecule is CCOC(=O)c1oc(C2CCCCC2)nc1C(F)F. The molecule has 1 fully saturated rings. The number of nitrogens with zero attached hydrogens (tertiary/aromatic N) is 1. The van der Waals surface area contributed by atoms with Crippen LogP contribution in [0.4, 0.5) is 8.78 Å². The highest BCUT2D eigenvalue weighted by Gasteiger charge is 2.30. The number of esters is 1. The maximum absolute atomic E-state index is 12.9. The second-order valence-electron chi connectivity index (χ2n) is 4.62. The number of halogens is 2. The van der Waals surface area contributed by atoms with E-state index in [1.807, 2.05) is 0 Å². The Labute approximate surface area is 110 Å². The summed E-state index contributed by atoms with van der Waals surface area (Å²) >= 11 is 0. The smallest absolute Gasteiger partial charge is 0.376 e. The van der Waals surface area contributed by atoms with Crippen LogP contribution in [0.2, 0.25) is 0 Å². The molecule has 0 aromatic carbocycles. The quantitative estimate of drug-likeness (QED) is 0.782. The first-order valence-electron chi connectivity index (χ1n) is 6.59. The van der Waals surface area contributed by atoms with Crippen LogP contribution >= 0.6 is 0 Å². The Morgan fingerprint density at radius 2 is 2.11 bits per heavy atom. The van der Waals surface area contributed by atoms with Crippen LogP contribution in [0.5, 0.6) is 0 Å². The van der Waals surface area contributed by atoms with E-state index in [1.165, 1.54) is 0 Å². The Kier molecular flexibility index (Phi) is 4.50. The van der Waals surface area contributed by atoms with Crippen LogP contribution in [0, 0.1) is 0 Å². The average Bonchev–Trinajstić information content (AvgIpc) is 2.85. The highest BCUT2D eigenvalue weighted by Crippen LogP contribution is 2.35. The number of hydrogen-bond acceptors (Lipinski definition) is 4. The largest absolute Gasteiger partial charge is 0.460 e. The molecule has 0 N–H and O–H groups in total. The number of rotatable bonds is 4. The lowest BCUT2D eigenvalue weighted by molar-refractivity contribution is 0.0473. The third kappa shape index (κ3) is 3.11. The number of ether oxygens (including phenoxy) is 1. The van der Waals surface area contributed by atoms with Crippen molar-refractivity contribution in [2.75, 3.05) is 6.61 Å². The lowest BCUT2D eigenvalue weighted by Gasteiger charge is -2.17. The van der Waals surface area contributed by atoms with Crippen molar-refractivity contribution < 1.29 is 22.7 Å². The molecule has 0 bridgehead atoms. The molecule has 0 unspecified atom stereocenters. The first-order chi connectivity index (χ1) is 9.13. The third-order valence-corrected chi connectivity index (χ3v) is 3.29. The fourth-order valence-electron chi connectivity index (χ4n) is 2.36. The molecule has 0 aliphatic heterocycles. The van der Waals surface area contributed by atoms with Gasteiger partial charge in [0.1, 0.15) is 0 Å². The van der Waals surface area contributed by atoms with Crippen molar-refractivity contribution in [3.63, 3.8) is 0 Å². The molecule has 0 amide bonds. The topological polar surface area (TPSA) is 52.3 Å². The van der Waals surface area contributed by atoms with Crippen LogP contribution in [-0.2, 0) is 4.74 Å². The van der Waals surface area contributed by atoms with Crippen molar-refractivity contribution >= 4 is 5.97 Å². The molecule has 1 aromatic heterocycles. The van der Waals surface area contributed by atoms with Gasteiger partial charge in [0.05, 0.1) is 6.61 Å². The summed E-state index contributed by atoms with van der Waals surface area (Å²) in [5, 5.41) is 0. The van der Waals surface area contributed by atoms with Gasteiger partial charge in [-0.15, -0.1) is 0 Å². The molecular weight excluding hydrogens is 256 g/mol. The second-order valence-corrected chi connectivity index (χ2v) is 4.62. The summed E-state index contributed by atoms with van der Waals surface area (Å²) in [7, 11) is 0. The van der Waals surface area contributed by atoms with Crippen LogP contribution in [0.1, 0.15) is 73.5 Å². The van der Waals surface area contributed by atoms with Crippen molar-refractivity contribution in [2.24, 2.45) is 0 Å². The van der Waals surface area contributed by atoms with E-state index in [0.717, 1.165) is 32.1 Å². The van der Waals surface area contributed by atoms with E-state index < -0.39 is 23.8 Å². The zero-order chi connectivity index (χ0) is 13.8. The van der Waals surface area contributed by atoms with Gasteiger partial charge in [0.2, 0.25) is 5.76 Å². The Morgan fingerprint density at radius 3 is 2.68 bits per heavy atom. The van der Waals surface area contributed by atoms with Crippen molar-refractivity contribution in [3.05, 3.63) is 17.3 Å².